The van der Waals surface area contributed by atoms with Crippen LogP contribution in [0.5, 0.6) is 5.75 Å². The van der Waals surface area contributed by atoms with Crippen molar-refractivity contribution in [1.82, 2.24) is 19.1 Å². The van der Waals surface area contributed by atoms with Gasteiger partial charge in [-0.1, -0.05) is 50.9 Å². The molecule has 0 spiro atoms. The Morgan fingerprint density at radius 3 is 1.84 bits per heavy atom. The van der Waals surface area contributed by atoms with E-state index < -0.39 is 0 Å². The highest BCUT2D eigenvalue weighted by atomic mass is 127. The maximum Gasteiger partial charge on any atom is 0.266 e. The number of anilines is 2. The SMILES string of the molecule is CC(C)c1nc2c(I)c(NCCO)ccc2c(=O)n1-c1ccc(Cl)cc1.CC(C)c1nc2c3c(ccc2c(=O)n1-c1ccc(Cl)cc1)NCCO3. The number of halogens is 3. The van der Waals surface area contributed by atoms with E-state index in [9.17, 15) is 9.59 Å². The Labute approximate surface area is 318 Å². The van der Waals surface area contributed by atoms with Gasteiger partial charge >= 0.3 is 0 Å². The summed E-state index contributed by atoms with van der Waals surface area (Å²) in [6.45, 7) is 9.87. The number of hydrogen-bond acceptors (Lipinski definition) is 8. The number of aliphatic hydroxyl groups excluding tert-OH is 1. The first-order valence-electron chi connectivity index (χ1n) is 16.6. The van der Waals surface area contributed by atoms with Crippen molar-refractivity contribution < 1.29 is 9.84 Å². The minimum absolute atomic E-state index is 0.0386. The van der Waals surface area contributed by atoms with Crippen molar-refractivity contribution in [2.75, 3.05) is 36.9 Å². The number of rotatable bonds is 7. The molecule has 264 valence electrons. The molecule has 0 amide bonds. The number of aliphatic hydroxyl groups is 1. The Kier molecular flexibility index (Phi) is 11.2. The first-order valence-corrected chi connectivity index (χ1v) is 18.4. The minimum Gasteiger partial charge on any atom is -0.487 e. The summed E-state index contributed by atoms with van der Waals surface area (Å²) in [5.41, 5.74) is 4.32. The molecule has 2 aromatic heterocycles. The molecule has 3 N–H and O–H groups in total. The van der Waals surface area contributed by atoms with Crippen LogP contribution < -0.4 is 26.5 Å². The third-order valence-corrected chi connectivity index (χ3v) is 9.92. The van der Waals surface area contributed by atoms with Gasteiger partial charge in [0, 0.05) is 40.7 Å². The largest absolute Gasteiger partial charge is 0.487 e. The smallest absolute Gasteiger partial charge is 0.266 e. The van der Waals surface area contributed by atoms with Gasteiger partial charge in [0.1, 0.15) is 23.8 Å². The highest BCUT2D eigenvalue weighted by Gasteiger charge is 2.22. The third kappa shape index (κ3) is 7.43. The normalized spacial score (nSPS) is 12.4. The van der Waals surface area contributed by atoms with E-state index in [0.29, 0.717) is 62.4 Å². The van der Waals surface area contributed by atoms with Crippen molar-refractivity contribution in [1.29, 1.82) is 0 Å². The standard InChI is InChI=1S/C19H19ClIN3O2.C19H18ClN3O2/c1-11(2)18-23-17-14(7-8-15(16(17)21)22-9-10-25)19(26)24(18)13-5-3-12(20)4-6-13;1-11(2)18-22-16-14(7-8-15-17(16)25-10-9-21-15)19(24)23(18)13-5-3-12(20)4-6-13/h3-8,11,22,25H,9-10H2,1-2H3;3-8,11,21H,9-10H2,1-2H3. The lowest BCUT2D eigenvalue weighted by atomic mass is 10.1. The first kappa shape index (κ1) is 36.6. The fraction of sp³-hybridized carbons (Fsp3) is 0.263. The summed E-state index contributed by atoms with van der Waals surface area (Å²) in [5.74, 6) is 2.18. The fourth-order valence-electron chi connectivity index (χ4n) is 5.88. The molecule has 0 bridgehead atoms. The van der Waals surface area contributed by atoms with E-state index in [0.717, 1.165) is 32.9 Å². The molecule has 4 aromatic carbocycles. The second kappa shape index (κ2) is 15.6. The molecule has 0 saturated heterocycles. The minimum atomic E-state index is -0.104. The molecule has 1 aliphatic heterocycles. The number of fused-ring (bicyclic) bond motifs is 4. The average Bonchev–Trinajstić information content (AvgIpc) is 3.12. The van der Waals surface area contributed by atoms with Crippen molar-refractivity contribution in [2.45, 2.75) is 39.5 Å². The average molecular weight is 840 g/mol. The van der Waals surface area contributed by atoms with Crippen LogP contribution in [0.4, 0.5) is 11.4 Å². The van der Waals surface area contributed by atoms with Crippen LogP contribution >= 0.6 is 45.8 Å². The van der Waals surface area contributed by atoms with E-state index in [4.69, 9.17) is 43.0 Å². The van der Waals surface area contributed by atoms with Crippen LogP contribution in [0, 0.1) is 3.57 Å². The Hall–Kier alpha value is -4.17. The van der Waals surface area contributed by atoms with Gasteiger partial charge in [-0.3, -0.25) is 18.7 Å². The van der Waals surface area contributed by atoms with Crippen molar-refractivity contribution >= 4 is 79.0 Å². The van der Waals surface area contributed by atoms with Crippen LogP contribution in [0.15, 0.2) is 82.4 Å². The van der Waals surface area contributed by atoms with Crippen LogP contribution in [-0.2, 0) is 0 Å². The van der Waals surface area contributed by atoms with E-state index in [2.05, 4.69) is 33.2 Å². The van der Waals surface area contributed by atoms with Gasteiger partial charge in [0.05, 0.1) is 43.5 Å². The van der Waals surface area contributed by atoms with Gasteiger partial charge < -0.3 is 20.5 Å². The molecular weight excluding hydrogens is 802 g/mol. The zero-order valence-corrected chi connectivity index (χ0v) is 32.2. The Morgan fingerprint density at radius 2 is 1.31 bits per heavy atom. The summed E-state index contributed by atoms with van der Waals surface area (Å²) in [5, 5.41) is 17.8. The Bertz CT molecular complexity index is 2340. The summed E-state index contributed by atoms with van der Waals surface area (Å²) in [6.07, 6.45) is 0. The summed E-state index contributed by atoms with van der Waals surface area (Å²) in [7, 11) is 0. The highest BCUT2D eigenvalue weighted by Crippen LogP contribution is 2.34. The maximum absolute atomic E-state index is 13.2. The molecule has 6 aromatic rings. The summed E-state index contributed by atoms with van der Waals surface area (Å²) in [6, 6.07) is 21.7. The van der Waals surface area contributed by atoms with E-state index in [1.165, 1.54) is 0 Å². The molecule has 3 heterocycles. The molecule has 0 radical (unpaired) electrons. The molecule has 0 atom stereocenters. The van der Waals surface area contributed by atoms with Crippen LogP contribution in [0.25, 0.3) is 33.2 Å². The zero-order valence-electron chi connectivity index (χ0n) is 28.5. The molecule has 7 rings (SSSR count). The lowest BCUT2D eigenvalue weighted by Gasteiger charge is -2.22. The van der Waals surface area contributed by atoms with E-state index >= 15 is 0 Å². The second-order valence-corrected chi connectivity index (χ2v) is 14.5. The molecule has 0 fully saturated rings. The summed E-state index contributed by atoms with van der Waals surface area (Å²) < 4.78 is 9.98. The first-order chi connectivity index (χ1) is 24.5. The Morgan fingerprint density at radius 1 is 0.804 bits per heavy atom. The van der Waals surface area contributed by atoms with Crippen LogP contribution in [0.3, 0.4) is 0 Å². The van der Waals surface area contributed by atoms with E-state index in [1.54, 1.807) is 39.5 Å². The Balaban J connectivity index is 0.000000176. The third-order valence-electron chi connectivity index (χ3n) is 8.32. The van der Waals surface area contributed by atoms with E-state index in [1.807, 2.05) is 70.2 Å². The van der Waals surface area contributed by atoms with Crippen molar-refractivity contribution in [3.8, 4) is 17.1 Å². The fourth-order valence-corrected chi connectivity index (χ4v) is 6.92. The van der Waals surface area contributed by atoms with Crippen molar-refractivity contribution in [2.24, 2.45) is 0 Å². The second-order valence-electron chi connectivity index (χ2n) is 12.6. The van der Waals surface area contributed by atoms with Crippen molar-refractivity contribution in [3.63, 3.8) is 0 Å². The number of benzene rings is 4. The maximum atomic E-state index is 13.2. The molecule has 0 aliphatic carbocycles. The van der Waals surface area contributed by atoms with Gasteiger partial charge in [0.15, 0.2) is 5.75 Å². The molecular formula is C38H37Cl2IN6O4. The lowest BCUT2D eigenvalue weighted by molar-refractivity contribution is 0.311. The topological polar surface area (TPSA) is 123 Å². The van der Waals surface area contributed by atoms with Gasteiger partial charge in [0.2, 0.25) is 0 Å². The monoisotopic (exact) mass is 838 g/mol. The molecule has 1 aliphatic rings. The number of hydrogen-bond donors (Lipinski definition) is 3. The summed E-state index contributed by atoms with van der Waals surface area (Å²) in [4.78, 5) is 36.1. The van der Waals surface area contributed by atoms with Crippen LogP contribution in [0.1, 0.15) is 51.2 Å². The van der Waals surface area contributed by atoms with Gasteiger partial charge in [-0.25, -0.2) is 9.97 Å². The molecule has 51 heavy (non-hydrogen) atoms. The number of nitrogens with zero attached hydrogens (tertiary/aromatic N) is 4. The van der Waals surface area contributed by atoms with Gasteiger partial charge in [-0.05, 0) is 95.4 Å². The van der Waals surface area contributed by atoms with Gasteiger partial charge in [-0.15, -0.1) is 0 Å². The zero-order chi connectivity index (χ0) is 36.4. The van der Waals surface area contributed by atoms with Gasteiger partial charge in [0.25, 0.3) is 11.1 Å². The summed E-state index contributed by atoms with van der Waals surface area (Å²) >= 11 is 14.2. The van der Waals surface area contributed by atoms with Crippen molar-refractivity contribution in [3.05, 3.63) is 119 Å². The lowest BCUT2D eigenvalue weighted by Crippen LogP contribution is -2.26. The molecule has 0 unspecified atom stereocenters. The highest BCUT2D eigenvalue weighted by molar-refractivity contribution is 14.1. The number of nitrogens with one attached hydrogen (secondary N) is 2. The van der Waals surface area contributed by atoms with Crippen LogP contribution in [-0.4, -0.2) is 50.5 Å². The molecule has 10 nitrogen and oxygen atoms in total. The quantitative estimate of drug-likeness (QED) is 0.138. The predicted molar refractivity (Wildman–Crippen MR) is 215 cm³/mol. The molecule has 13 heteroatoms. The number of ether oxygens (including phenoxy) is 1. The number of aromatic nitrogens is 4. The molecule has 0 saturated carbocycles. The van der Waals surface area contributed by atoms with Crippen LogP contribution in [0.2, 0.25) is 10.0 Å². The van der Waals surface area contributed by atoms with Gasteiger partial charge in [-0.2, -0.15) is 0 Å². The predicted octanol–water partition coefficient (Wildman–Crippen LogP) is 8.14. The van der Waals surface area contributed by atoms with E-state index in [-0.39, 0.29) is 29.6 Å².